The zero-order valence-corrected chi connectivity index (χ0v) is 9.18. The zero-order chi connectivity index (χ0) is 9.68. The number of aryl methyl sites for hydroxylation is 1. The van der Waals surface area contributed by atoms with E-state index < -0.39 is 0 Å². The van der Waals surface area contributed by atoms with Crippen LogP contribution in [-0.2, 0) is 6.42 Å². The van der Waals surface area contributed by atoms with E-state index >= 15 is 0 Å². The van der Waals surface area contributed by atoms with Gasteiger partial charge in [0.05, 0.1) is 0 Å². The average molecular weight is 199 g/mol. The van der Waals surface area contributed by atoms with Crippen molar-refractivity contribution in [2.75, 3.05) is 25.9 Å². The van der Waals surface area contributed by atoms with Crippen LogP contribution in [0.15, 0.2) is 16.5 Å². The molecule has 0 spiro atoms. The Balaban J connectivity index is 2.26. The van der Waals surface area contributed by atoms with E-state index in [9.17, 15) is 0 Å². The lowest BCUT2D eigenvalue weighted by Crippen LogP contribution is -2.23. The summed E-state index contributed by atoms with van der Waals surface area (Å²) in [6, 6.07) is 4.05. The highest BCUT2D eigenvalue weighted by Crippen LogP contribution is 2.07. The Labute approximate surface area is 85.3 Å². The molecule has 1 rings (SSSR count). The van der Waals surface area contributed by atoms with Crippen LogP contribution in [0.5, 0.6) is 0 Å². The third-order valence-corrected chi connectivity index (χ3v) is 2.22. The SMILES string of the molecule is Cc1ccc(CCN(C)CCS)o1. The molecule has 1 heterocycles. The molecule has 0 atom stereocenters. The van der Waals surface area contributed by atoms with Crippen LogP contribution in [0.25, 0.3) is 0 Å². The number of nitrogens with zero attached hydrogens (tertiary/aromatic N) is 1. The minimum absolute atomic E-state index is 0.910. The van der Waals surface area contributed by atoms with Crippen molar-refractivity contribution in [2.45, 2.75) is 13.3 Å². The predicted octanol–water partition coefficient (Wildman–Crippen LogP) is 1.99. The topological polar surface area (TPSA) is 16.4 Å². The van der Waals surface area contributed by atoms with E-state index in [0.717, 1.165) is 36.8 Å². The molecular weight excluding hydrogens is 182 g/mol. The number of hydrogen-bond donors (Lipinski definition) is 1. The van der Waals surface area contributed by atoms with E-state index in [1.54, 1.807) is 0 Å². The molecule has 0 saturated carbocycles. The van der Waals surface area contributed by atoms with Gasteiger partial charge in [0.15, 0.2) is 0 Å². The van der Waals surface area contributed by atoms with E-state index in [-0.39, 0.29) is 0 Å². The summed E-state index contributed by atoms with van der Waals surface area (Å²) in [6.45, 7) is 4.04. The average Bonchev–Trinajstić information content (AvgIpc) is 2.49. The van der Waals surface area contributed by atoms with Crippen LogP contribution in [0.3, 0.4) is 0 Å². The van der Waals surface area contributed by atoms with Gasteiger partial charge in [0, 0.05) is 25.3 Å². The van der Waals surface area contributed by atoms with Gasteiger partial charge in [0.2, 0.25) is 0 Å². The van der Waals surface area contributed by atoms with E-state index in [2.05, 4.69) is 24.6 Å². The van der Waals surface area contributed by atoms with Gasteiger partial charge in [0.1, 0.15) is 11.5 Å². The second-order valence-electron chi connectivity index (χ2n) is 3.29. The highest BCUT2D eigenvalue weighted by atomic mass is 32.1. The van der Waals surface area contributed by atoms with Gasteiger partial charge in [-0.2, -0.15) is 12.6 Å². The molecule has 0 bridgehead atoms. The van der Waals surface area contributed by atoms with Gasteiger partial charge in [-0.25, -0.2) is 0 Å². The Hall–Kier alpha value is -0.410. The van der Waals surface area contributed by atoms with Crippen LogP contribution < -0.4 is 0 Å². The van der Waals surface area contributed by atoms with Gasteiger partial charge in [-0.3, -0.25) is 0 Å². The molecule has 0 amide bonds. The second kappa shape index (κ2) is 5.35. The summed E-state index contributed by atoms with van der Waals surface area (Å²) in [5.41, 5.74) is 0. The normalized spacial score (nSPS) is 11.1. The number of likely N-dealkylation sites (N-methyl/N-ethyl adjacent to an activating group) is 1. The fourth-order valence-electron chi connectivity index (χ4n) is 1.20. The van der Waals surface area contributed by atoms with E-state index in [1.807, 2.05) is 19.1 Å². The van der Waals surface area contributed by atoms with Crippen LogP contribution in [-0.4, -0.2) is 30.8 Å². The molecule has 3 heteroatoms. The largest absolute Gasteiger partial charge is 0.466 e. The molecule has 0 saturated heterocycles. The third-order valence-electron chi connectivity index (χ3n) is 2.02. The van der Waals surface area contributed by atoms with Crippen molar-refractivity contribution in [1.82, 2.24) is 4.90 Å². The van der Waals surface area contributed by atoms with Crippen LogP contribution >= 0.6 is 12.6 Å². The van der Waals surface area contributed by atoms with Crippen molar-refractivity contribution in [3.8, 4) is 0 Å². The Kier molecular flexibility index (Phi) is 4.39. The second-order valence-corrected chi connectivity index (χ2v) is 3.74. The number of rotatable bonds is 5. The molecule has 74 valence electrons. The maximum atomic E-state index is 5.47. The van der Waals surface area contributed by atoms with Crippen molar-refractivity contribution >= 4 is 12.6 Å². The first-order valence-corrected chi connectivity index (χ1v) is 5.20. The lowest BCUT2D eigenvalue weighted by atomic mass is 10.3. The van der Waals surface area contributed by atoms with E-state index in [1.165, 1.54) is 0 Å². The van der Waals surface area contributed by atoms with Crippen LogP contribution in [0.2, 0.25) is 0 Å². The molecule has 1 aromatic heterocycles. The first kappa shape index (κ1) is 10.7. The summed E-state index contributed by atoms with van der Waals surface area (Å²) >= 11 is 4.18. The number of furan rings is 1. The first-order valence-electron chi connectivity index (χ1n) is 4.57. The summed E-state index contributed by atoms with van der Waals surface area (Å²) in [5.74, 6) is 2.98. The van der Waals surface area contributed by atoms with E-state index in [4.69, 9.17) is 4.42 Å². The van der Waals surface area contributed by atoms with Crippen molar-refractivity contribution < 1.29 is 4.42 Å². The van der Waals surface area contributed by atoms with E-state index in [0.29, 0.717) is 0 Å². The lowest BCUT2D eigenvalue weighted by molar-refractivity contribution is 0.344. The first-order chi connectivity index (χ1) is 6.22. The molecule has 1 aromatic rings. The van der Waals surface area contributed by atoms with Gasteiger partial charge >= 0.3 is 0 Å². The quantitative estimate of drug-likeness (QED) is 0.730. The molecule has 0 unspecified atom stereocenters. The fraction of sp³-hybridized carbons (Fsp3) is 0.600. The Morgan fingerprint density at radius 2 is 2.15 bits per heavy atom. The molecule has 2 nitrogen and oxygen atoms in total. The molecule has 0 aliphatic rings. The lowest BCUT2D eigenvalue weighted by Gasteiger charge is -2.13. The summed E-state index contributed by atoms with van der Waals surface area (Å²) in [5, 5.41) is 0. The molecule has 0 aliphatic heterocycles. The number of hydrogen-bond acceptors (Lipinski definition) is 3. The highest BCUT2D eigenvalue weighted by molar-refractivity contribution is 7.80. The minimum Gasteiger partial charge on any atom is -0.466 e. The Bertz CT molecular complexity index is 247. The number of thiol groups is 1. The summed E-state index contributed by atoms with van der Waals surface area (Å²) in [6.07, 6.45) is 0.984. The summed E-state index contributed by atoms with van der Waals surface area (Å²) in [7, 11) is 2.10. The third kappa shape index (κ3) is 3.87. The molecule has 13 heavy (non-hydrogen) atoms. The van der Waals surface area contributed by atoms with Crippen LogP contribution in [0, 0.1) is 6.92 Å². The monoisotopic (exact) mass is 199 g/mol. The maximum absolute atomic E-state index is 5.47. The van der Waals surface area contributed by atoms with Crippen molar-refractivity contribution in [2.24, 2.45) is 0 Å². The smallest absolute Gasteiger partial charge is 0.105 e. The zero-order valence-electron chi connectivity index (χ0n) is 8.29. The van der Waals surface area contributed by atoms with Crippen molar-refractivity contribution in [3.63, 3.8) is 0 Å². The molecule has 0 aromatic carbocycles. The Morgan fingerprint density at radius 1 is 1.38 bits per heavy atom. The fourth-order valence-corrected chi connectivity index (χ4v) is 1.54. The van der Waals surface area contributed by atoms with Crippen LogP contribution in [0.1, 0.15) is 11.5 Å². The van der Waals surface area contributed by atoms with Crippen molar-refractivity contribution in [3.05, 3.63) is 23.7 Å². The molecule has 0 aliphatic carbocycles. The Morgan fingerprint density at radius 3 is 2.69 bits per heavy atom. The minimum atomic E-state index is 0.910. The molecular formula is C10H17NOS. The molecule has 0 fully saturated rings. The van der Waals surface area contributed by atoms with Gasteiger partial charge in [-0.15, -0.1) is 0 Å². The van der Waals surface area contributed by atoms with Gasteiger partial charge < -0.3 is 9.32 Å². The predicted molar refractivity (Wildman–Crippen MR) is 58.5 cm³/mol. The standard InChI is InChI=1S/C10H17NOS/c1-9-3-4-10(12-9)5-6-11(2)7-8-13/h3-4,13H,5-8H2,1-2H3. The summed E-state index contributed by atoms with van der Waals surface area (Å²) in [4.78, 5) is 2.25. The molecule has 0 N–H and O–H groups in total. The molecule has 0 radical (unpaired) electrons. The highest BCUT2D eigenvalue weighted by Gasteiger charge is 2.01. The van der Waals surface area contributed by atoms with Gasteiger partial charge in [-0.05, 0) is 26.1 Å². The maximum Gasteiger partial charge on any atom is 0.105 e. The van der Waals surface area contributed by atoms with Gasteiger partial charge in [0.25, 0.3) is 0 Å². The summed E-state index contributed by atoms with van der Waals surface area (Å²) < 4.78 is 5.47. The van der Waals surface area contributed by atoms with Crippen LogP contribution in [0.4, 0.5) is 0 Å². The van der Waals surface area contributed by atoms with Crippen molar-refractivity contribution in [1.29, 1.82) is 0 Å². The van der Waals surface area contributed by atoms with Gasteiger partial charge in [-0.1, -0.05) is 0 Å².